The second-order valence-electron chi connectivity index (χ2n) is 4.83. The van der Waals surface area contributed by atoms with E-state index in [4.69, 9.17) is 0 Å². The van der Waals surface area contributed by atoms with Crippen molar-refractivity contribution < 1.29 is 0 Å². The number of hydrogen-bond donors (Lipinski definition) is 0. The first-order chi connectivity index (χ1) is 8.84. The van der Waals surface area contributed by atoms with Gasteiger partial charge in [0.2, 0.25) is 0 Å². The lowest BCUT2D eigenvalue weighted by atomic mass is 10.1. The van der Waals surface area contributed by atoms with Crippen LogP contribution in [0.3, 0.4) is 0 Å². The highest BCUT2D eigenvalue weighted by Gasteiger charge is 2.22. The van der Waals surface area contributed by atoms with Crippen LogP contribution in [0.1, 0.15) is 24.4 Å². The van der Waals surface area contributed by atoms with Crippen molar-refractivity contribution in [1.29, 1.82) is 0 Å². The molecular weight excluding hydrogens is 222 g/mol. The standard InChI is InChI=1S/C15H17N3/c1-18-10-4-6-15(18)12-7-8-14(17-11-12)13-5-2-3-9-16-13/h2-3,5,7-9,11,15H,4,6,10H2,1H3. The third-order valence-electron chi connectivity index (χ3n) is 3.62. The Balaban J connectivity index is 1.85. The van der Waals surface area contributed by atoms with E-state index < -0.39 is 0 Å². The van der Waals surface area contributed by atoms with Gasteiger partial charge in [0, 0.05) is 18.4 Å². The fourth-order valence-electron chi connectivity index (χ4n) is 2.60. The van der Waals surface area contributed by atoms with E-state index in [2.05, 4.69) is 34.0 Å². The maximum Gasteiger partial charge on any atom is 0.0886 e. The molecule has 1 atom stereocenters. The number of pyridine rings is 2. The van der Waals surface area contributed by atoms with Crippen LogP contribution in [0.5, 0.6) is 0 Å². The highest BCUT2D eigenvalue weighted by Crippen LogP contribution is 2.30. The van der Waals surface area contributed by atoms with Crippen molar-refractivity contribution >= 4 is 0 Å². The molecule has 1 fully saturated rings. The fourth-order valence-corrected chi connectivity index (χ4v) is 2.60. The third-order valence-corrected chi connectivity index (χ3v) is 3.62. The molecule has 2 aromatic rings. The molecular formula is C15H17N3. The van der Waals surface area contributed by atoms with Crippen molar-refractivity contribution in [2.45, 2.75) is 18.9 Å². The summed E-state index contributed by atoms with van der Waals surface area (Å²) in [5.41, 5.74) is 3.19. The van der Waals surface area contributed by atoms with E-state index in [1.54, 1.807) is 6.20 Å². The monoisotopic (exact) mass is 239 g/mol. The summed E-state index contributed by atoms with van der Waals surface area (Å²) < 4.78 is 0. The van der Waals surface area contributed by atoms with Gasteiger partial charge < -0.3 is 0 Å². The van der Waals surface area contributed by atoms with E-state index in [0.717, 1.165) is 11.4 Å². The Hall–Kier alpha value is -1.74. The zero-order valence-corrected chi connectivity index (χ0v) is 10.6. The predicted octanol–water partition coefficient (Wildman–Crippen LogP) is 2.91. The van der Waals surface area contributed by atoms with Gasteiger partial charge in [-0.1, -0.05) is 12.1 Å². The molecule has 0 aliphatic carbocycles. The molecule has 3 nitrogen and oxygen atoms in total. The summed E-state index contributed by atoms with van der Waals surface area (Å²) in [6.07, 6.45) is 6.32. The summed E-state index contributed by atoms with van der Waals surface area (Å²) in [6.45, 7) is 1.19. The van der Waals surface area contributed by atoms with Crippen LogP contribution in [0.25, 0.3) is 11.4 Å². The fraction of sp³-hybridized carbons (Fsp3) is 0.333. The molecule has 0 amide bonds. The van der Waals surface area contributed by atoms with Crippen molar-refractivity contribution in [1.82, 2.24) is 14.9 Å². The van der Waals surface area contributed by atoms with Gasteiger partial charge in [0.15, 0.2) is 0 Å². The molecule has 92 valence electrons. The summed E-state index contributed by atoms with van der Waals surface area (Å²) in [6, 6.07) is 10.7. The van der Waals surface area contributed by atoms with Gasteiger partial charge >= 0.3 is 0 Å². The lowest BCUT2D eigenvalue weighted by Crippen LogP contribution is -2.17. The maximum absolute atomic E-state index is 4.54. The molecule has 3 heterocycles. The molecule has 18 heavy (non-hydrogen) atoms. The van der Waals surface area contributed by atoms with Crippen LogP contribution in [0.15, 0.2) is 42.7 Å². The Morgan fingerprint density at radius 1 is 1.11 bits per heavy atom. The van der Waals surface area contributed by atoms with Crippen LogP contribution < -0.4 is 0 Å². The van der Waals surface area contributed by atoms with E-state index in [-0.39, 0.29) is 0 Å². The number of aromatic nitrogens is 2. The average Bonchev–Trinajstić information content (AvgIpc) is 2.86. The van der Waals surface area contributed by atoms with Crippen molar-refractivity contribution in [3.05, 3.63) is 48.3 Å². The summed E-state index contributed by atoms with van der Waals surface area (Å²) in [4.78, 5) is 11.3. The smallest absolute Gasteiger partial charge is 0.0886 e. The molecule has 1 aliphatic rings. The number of rotatable bonds is 2. The first-order valence-electron chi connectivity index (χ1n) is 6.42. The van der Waals surface area contributed by atoms with Gasteiger partial charge in [-0.25, -0.2) is 0 Å². The normalized spacial score (nSPS) is 20.2. The largest absolute Gasteiger partial charge is 0.299 e. The minimum Gasteiger partial charge on any atom is -0.299 e. The third kappa shape index (κ3) is 2.14. The Kier molecular flexibility index (Phi) is 3.07. The molecule has 0 spiro atoms. The molecule has 0 saturated carbocycles. The number of nitrogens with zero attached hydrogens (tertiary/aromatic N) is 3. The molecule has 3 rings (SSSR count). The summed E-state index contributed by atoms with van der Waals surface area (Å²) in [5.74, 6) is 0. The van der Waals surface area contributed by atoms with Crippen LogP contribution in [0, 0.1) is 0 Å². The Labute approximate surface area is 108 Å². The van der Waals surface area contributed by atoms with Crippen molar-refractivity contribution in [2.75, 3.05) is 13.6 Å². The minimum absolute atomic E-state index is 0.537. The summed E-state index contributed by atoms with van der Waals surface area (Å²) in [5, 5.41) is 0. The van der Waals surface area contributed by atoms with Gasteiger partial charge in [0.1, 0.15) is 0 Å². The van der Waals surface area contributed by atoms with Gasteiger partial charge in [0.05, 0.1) is 11.4 Å². The Morgan fingerprint density at radius 3 is 2.61 bits per heavy atom. The Bertz CT molecular complexity index is 507. The van der Waals surface area contributed by atoms with Crippen molar-refractivity contribution in [3.8, 4) is 11.4 Å². The average molecular weight is 239 g/mol. The SMILES string of the molecule is CN1CCCC1c1ccc(-c2ccccn2)nc1. The number of likely N-dealkylation sites (tertiary alicyclic amines) is 1. The van der Waals surface area contributed by atoms with E-state index in [9.17, 15) is 0 Å². The minimum atomic E-state index is 0.537. The molecule has 0 aromatic carbocycles. The second-order valence-corrected chi connectivity index (χ2v) is 4.83. The predicted molar refractivity (Wildman–Crippen MR) is 72.1 cm³/mol. The van der Waals surface area contributed by atoms with Crippen LogP contribution in [-0.2, 0) is 0 Å². The zero-order chi connectivity index (χ0) is 12.4. The van der Waals surface area contributed by atoms with Crippen LogP contribution >= 0.6 is 0 Å². The van der Waals surface area contributed by atoms with Gasteiger partial charge in [-0.15, -0.1) is 0 Å². The molecule has 0 radical (unpaired) electrons. The van der Waals surface area contributed by atoms with Gasteiger partial charge in [-0.05, 0) is 50.2 Å². The number of hydrogen-bond acceptors (Lipinski definition) is 3. The summed E-state index contributed by atoms with van der Waals surface area (Å²) >= 11 is 0. The highest BCUT2D eigenvalue weighted by atomic mass is 15.1. The molecule has 0 N–H and O–H groups in total. The van der Waals surface area contributed by atoms with E-state index in [1.807, 2.05) is 24.4 Å². The molecule has 1 unspecified atom stereocenters. The van der Waals surface area contributed by atoms with E-state index in [0.29, 0.717) is 6.04 Å². The van der Waals surface area contributed by atoms with Crippen LogP contribution in [0.4, 0.5) is 0 Å². The molecule has 2 aromatic heterocycles. The van der Waals surface area contributed by atoms with Crippen LogP contribution in [0.2, 0.25) is 0 Å². The second kappa shape index (κ2) is 4.86. The van der Waals surface area contributed by atoms with Crippen molar-refractivity contribution in [3.63, 3.8) is 0 Å². The lowest BCUT2D eigenvalue weighted by Gasteiger charge is -2.19. The van der Waals surface area contributed by atoms with E-state index in [1.165, 1.54) is 24.9 Å². The summed E-state index contributed by atoms with van der Waals surface area (Å²) in [7, 11) is 2.18. The van der Waals surface area contributed by atoms with Gasteiger partial charge in [0.25, 0.3) is 0 Å². The van der Waals surface area contributed by atoms with Gasteiger partial charge in [-0.2, -0.15) is 0 Å². The van der Waals surface area contributed by atoms with Gasteiger partial charge in [-0.3, -0.25) is 14.9 Å². The Morgan fingerprint density at radius 2 is 2.00 bits per heavy atom. The maximum atomic E-state index is 4.54. The first kappa shape index (κ1) is 11.4. The van der Waals surface area contributed by atoms with E-state index >= 15 is 0 Å². The quantitative estimate of drug-likeness (QED) is 0.807. The van der Waals surface area contributed by atoms with Crippen molar-refractivity contribution in [2.24, 2.45) is 0 Å². The highest BCUT2D eigenvalue weighted by molar-refractivity contribution is 5.53. The lowest BCUT2D eigenvalue weighted by molar-refractivity contribution is 0.317. The molecule has 1 saturated heterocycles. The molecule has 3 heteroatoms. The zero-order valence-electron chi connectivity index (χ0n) is 10.6. The van der Waals surface area contributed by atoms with Crippen LogP contribution in [-0.4, -0.2) is 28.5 Å². The first-order valence-corrected chi connectivity index (χ1v) is 6.42. The molecule has 0 bridgehead atoms. The molecule has 1 aliphatic heterocycles. The topological polar surface area (TPSA) is 29.0 Å².